The number of halogens is 4. The molecular formula is C15H13ClF3NO. The molecule has 2 nitrogen and oxygen atoms in total. The molecule has 0 bridgehead atoms. The predicted octanol–water partition coefficient (Wildman–Crippen LogP) is 4.98. The minimum atomic E-state index is -4.46. The SMILES string of the molecule is CNc1cccc(Cl)c1COc1ccccc1C(F)(F)F. The van der Waals surface area contributed by atoms with E-state index in [2.05, 4.69) is 5.32 Å². The van der Waals surface area contributed by atoms with E-state index in [1.54, 1.807) is 25.2 Å². The number of para-hydroxylation sites is 1. The Morgan fingerprint density at radius 1 is 1.10 bits per heavy atom. The smallest absolute Gasteiger partial charge is 0.419 e. The van der Waals surface area contributed by atoms with Crippen molar-refractivity contribution < 1.29 is 17.9 Å². The van der Waals surface area contributed by atoms with Crippen LogP contribution in [0.15, 0.2) is 42.5 Å². The first-order valence-corrected chi connectivity index (χ1v) is 6.55. The molecule has 0 aliphatic rings. The van der Waals surface area contributed by atoms with Gasteiger partial charge in [0, 0.05) is 23.3 Å². The summed E-state index contributed by atoms with van der Waals surface area (Å²) < 4.78 is 44.0. The molecule has 2 aromatic carbocycles. The van der Waals surface area contributed by atoms with E-state index in [0.29, 0.717) is 16.3 Å². The van der Waals surface area contributed by atoms with Crippen LogP contribution >= 0.6 is 11.6 Å². The highest BCUT2D eigenvalue weighted by molar-refractivity contribution is 6.31. The van der Waals surface area contributed by atoms with Gasteiger partial charge in [-0.25, -0.2) is 0 Å². The number of hydrogen-bond acceptors (Lipinski definition) is 2. The van der Waals surface area contributed by atoms with Crippen LogP contribution in [0.25, 0.3) is 0 Å². The van der Waals surface area contributed by atoms with Crippen LogP contribution in [-0.4, -0.2) is 7.05 Å². The third-order valence-electron chi connectivity index (χ3n) is 2.95. The summed E-state index contributed by atoms with van der Waals surface area (Å²) in [5.74, 6) is -0.216. The van der Waals surface area contributed by atoms with Crippen molar-refractivity contribution in [3.63, 3.8) is 0 Å². The minimum Gasteiger partial charge on any atom is -0.488 e. The Hall–Kier alpha value is -1.88. The molecule has 0 atom stereocenters. The summed E-state index contributed by atoms with van der Waals surface area (Å²) in [6.07, 6.45) is -4.46. The van der Waals surface area contributed by atoms with E-state index in [0.717, 1.165) is 6.07 Å². The van der Waals surface area contributed by atoms with Crippen LogP contribution < -0.4 is 10.1 Å². The first-order chi connectivity index (χ1) is 9.93. The molecular weight excluding hydrogens is 303 g/mol. The van der Waals surface area contributed by atoms with E-state index in [1.165, 1.54) is 18.2 Å². The first-order valence-electron chi connectivity index (χ1n) is 6.17. The fourth-order valence-electron chi connectivity index (χ4n) is 1.92. The van der Waals surface area contributed by atoms with Gasteiger partial charge in [0.15, 0.2) is 0 Å². The van der Waals surface area contributed by atoms with Crippen LogP contribution in [0.2, 0.25) is 5.02 Å². The largest absolute Gasteiger partial charge is 0.488 e. The topological polar surface area (TPSA) is 21.3 Å². The lowest BCUT2D eigenvalue weighted by atomic mass is 10.1. The maximum atomic E-state index is 12.9. The second kappa shape index (κ2) is 6.26. The van der Waals surface area contributed by atoms with E-state index in [9.17, 15) is 13.2 Å². The van der Waals surface area contributed by atoms with Crippen molar-refractivity contribution in [2.24, 2.45) is 0 Å². The fraction of sp³-hybridized carbons (Fsp3) is 0.200. The van der Waals surface area contributed by atoms with Crippen molar-refractivity contribution in [3.8, 4) is 5.75 Å². The van der Waals surface area contributed by atoms with Crippen molar-refractivity contribution in [2.45, 2.75) is 12.8 Å². The molecule has 6 heteroatoms. The molecule has 0 aliphatic carbocycles. The van der Waals surface area contributed by atoms with Crippen molar-refractivity contribution in [2.75, 3.05) is 12.4 Å². The highest BCUT2D eigenvalue weighted by Crippen LogP contribution is 2.36. The summed E-state index contributed by atoms with van der Waals surface area (Å²) >= 11 is 6.06. The molecule has 0 saturated heterocycles. The highest BCUT2D eigenvalue weighted by Gasteiger charge is 2.34. The Morgan fingerprint density at radius 2 is 1.81 bits per heavy atom. The second-order valence-corrected chi connectivity index (χ2v) is 4.71. The number of alkyl halides is 3. The number of rotatable bonds is 4. The monoisotopic (exact) mass is 315 g/mol. The minimum absolute atomic E-state index is 0.0526. The zero-order chi connectivity index (χ0) is 15.5. The molecule has 0 spiro atoms. The van der Waals surface area contributed by atoms with Gasteiger partial charge in [0.05, 0.1) is 5.56 Å². The number of anilines is 1. The Labute approximate surface area is 125 Å². The zero-order valence-corrected chi connectivity index (χ0v) is 11.9. The van der Waals surface area contributed by atoms with Crippen LogP contribution in [0.5, 0.6) is 5.75 Å². The average molecular weight is 316 g/mol. The number of hydrogen-bond donors (Lipinski definition) is 1. The molecule has 0 saturated carbocycles. The van der Waals surface area contributed by atoms with E-state index in [1.807, 2.05) is 0 Å². The van der Waals surface area contributed by atoms with Gasteiger partial charge in [-0.2, -0.15) is 13.2 Å². The molecule has 2 rings (SSSR count). The molecule has 2 aromatic rings. The molecule has 0 aromatic heterocycles. The quantitative estimate of drug-likeness (QED) is 0.859. The lowest BCUT2D eigenvalue weighted by Gasteiger charge is -2.16. The van der Waals surface area contributed by atoms with Crippen molar-refractivity contribution in [1.82, 2.24) is 0 Å². The van der Waals surface area contributed by atoms with E-state index in [4.69, 9.17) is 16.3 Å². The second-order valence-electron chi connectivity index (χ2n) is 4.30. The van der Waals surface area contributed by atoms with Crippen molar-refractivity contribution >= 4 is 17.3 Å². The van der Waals surface area contributed by atoms with E-state index >= 15 is 0 Å². The van der Waals surface area contributed by atoms with E-state index < -0.39 is 11.7 Å². The molecule has 0 fully saturated rings. The van der Waals surface area contributed by atoms with Gasteiger partial charge in [0.2, 0.25) is 0 Å². The van der Waals surface area contributed by atoms with Crippen LogP contribution in [0, 0.1) is 0 Å². The Kier molecular flexibility index (Phi) is 4.63. The number of nitrogens with one attached hydrogen (secondary N) is 1. The van der Waals surface area contributed by atoms with Gasteiger partial charge >= 0.3 is 6.18 Å². The highest BCUT2D eigenvalue weighted by atomic mass is 35.5. The lowest BCUT2D eigenvalue weighted by molar-refractivity contribution is -0.139. The van der Waals surface area contributed by atoms with E-state index in [-0.39, 0.29) is 12.4 Å². The molecule has 0 amide bonds. The van der Waals surface area contributed by atoms with Crippen LogP contribution in [0.4, 0.5) is 18.9 Å². The van der Waals surface area contributed by atoms with Gasteiger partial charge < -0.3 is 10.1 Å². The van der Waals surface area contributed by atoms with Gasteiger partial charge in [-0.05, 0) is 24.3 Å². The van der Waals surface area contributed by atoms with Crippen LogP contribution in [-0.2, 0) is 12.8 Å². The molecule has 0 radical (unpaired) electrons. The molecule has 112 valence electrons. The Bertz CT molecular complexity index is 629. The molecule has 0 heterocycles. The van der Waals surface area contributed by atoms with Gasteiger partial charge in [-0.3, -0.25) is 0 Å². The predicted molar refractivity (Wildman–Crippen MR) is 76.8 cm³/mol. The Morgan fingerprint density at radius 3 is 2.48 bits per heavy atom. The summed E-state index contributed by atoms with van der Waals surface area (Å²) in [7, 11) is 1.71. The molecule has 0 unspecified atom stereocenters. The third kappa shape index (κ3) is 3.61. The van der Waals surface area contributed by atoms with Crippen molar-refractivity contribution in [3.05, 3.63) is 58.6 Å². The van der Waals surface area contributed by atoms with Gasteiger partial charge in [-0.1, -0.05) is 29.8 Å². The lowest BCUT2D eigenvalue weighted by Crippen LogP contribution is -2.09. The number of ether oxygens (including phenoxy) is 1. The summed E-state index contributed by atoms with van der Waals surface area (Å²) in [5, 5.41) is 3.37. The average Bonchev–Trinajstić information content (AvgIpc) is 2.45. The van der Waals surface area contributed by atoms with Gasteiger partial charge in [-0.15, -0.1) is 0 Å². The first kappa shape index (κ1) is 15.5. The van der Waals surface area contributed by atoms with Gasteiger partial charge in [0.25, 0.3) is 0 Å². The molecule has 1 N–H and O–H groups in total. The van der Waals surface area contributed by atoms with Crippen LogP contribution in [0.1, 0.15) is 11.1 Å². The summed E-state index contributed by atoms with van der Waals surface area (Å²) in [6.45, 7) is -0.0526. The number of benzene rings is 2. The molecule has 0 aliphatic heterocycles. The maximum absolute atomic E-state index is 12.9. The summed E-state index contributed by atoms with van der Waals surface area (Å²) in [6, 6.07) is 10.3. The van der Waals surface area contributed by atoms with Crippen LogP contribution in [0.3, 0.4) is 0 Å². The standard InChI is InChI=1S/C15H13ClF3NO/c1-20-13-7-4-6-12(16)10(13)9-21-14-8-3-2-5-11(14)15(17,18)19/h2-8,20H,9H2,1H3. The molecule has 21 heavy (non-hydrogen) atoms. The van der Waals surface area contributed by atoms with Crippen molar-refractivity contribution in [1.29, 1.82) is 0 Å². The maximum Gasteiger partial charge on any atom is 0.419 e. The summed E-state index contributed by atoms with van der Waals surface area (Å²) in [5.41, 5.74) is 0.522. The zero-order valence-electron chi connectivity index (χ0n) is 11.2. The van der Waals surface area contributed by atoms with Gasteiger partial charge in [0.1, 0.15) is 12.4 Å². The fourth-order valence-corrected chi connectivity index (χ4v) is 2.15. The Balaban J connectivity index is 2.26. The normalized spacial score (nSPS) is 11.3. The summed E-state index contributed by atoms with van der Waals surface area (Å²) in [4.78, 5) is 0. The third-order valence-corrected chi connectivity index (χ3v) is 3.31.